The second-order valence-electron chi connectivity index (χ2n) is 6.41. The van der Waals surface area contributed by atoms with Gasteiger partial charge in [-0.05, 0) is 31.5 Å². The molecule has 1 saturated carbocycles. The summed E-state index contributed by atoms with van der Waals surface area (Å²) in [6.45, 7) is 4.33. The lowest BCUT2D eigenvalue weighted by molar-refractivity contribution is -0.693. The van der Waals surface area contributed by atoms with E-state index in [4.69, 9.17) is 24.7 Å². The summed E-state index contributed by atoms with van der Waals surface area (Å²) in [5.41, 5.74) is 4.42. The van der Waals surface area contributed by atoms with Crippen molar-refractivity contribution in [3.8, 4) is 23.6 Å². The van der Waals surface area contributed by atoms with Crippen molar-refractivity contribution in [3.05, 3.63) is 23.8 Å². The van der Waals surface area contributed by atoms with Crippen molar-refractivity contribution in [2.45, 2.75) is 25.7 Å². The minimum absolute atomic E-state index is 0.147. The maximum Gasteiger partial charge on any atom is 0.343 e. The van der Waals surface area contributed by atoms with Crippen molar-refractivity contribution >= 4 is 5.84 Å². The molecule has 0 amide bonds. The summed E-state index contributed by atoms with van der Waals surface area (Å²) in [5, 5.41) is 20.2. The molecule has 26 heavy (non-hydrogen) atoms. The minimum atomic E-state index is -1.48. The zero-order valence-corrected chi connectivity index (χ0v) is 14.5. The summed E-state index contributed by atoms with van der Waals surface area (Å²) < 4.78 is 22.5. The number of hydrogen-bond donors (Lipinski definition) is 2. The van der Waals surface area contributed by atoms with Crippen molar-refractivity contribution in [1.82, 2.24) is 0 Å². The van der Waals surface area contributed by atoms with Crippen LogP contribution in [0.25, 0.3) is 0 Å². The van der Waals surface area contributed by atoms with Gasteiger partial charge in [0.2, 0.25) is 6.79 Å². The number of rotatable bonds is 5. The van der Waals surface area contributed by atoms with Gasteiger partial charge in [-0.1, -0.05) is 6.07 Å². The number of nitriles is 2. The quantitative estimate of drug-likeness (QED) is 0.695. The number of amidine groups is 1. The van der Waals surface area contributed by atoms with Crippen LogP contribution in [0.2, 0.25) is 0 Å². The molecule has 3 N–H and O–H groups in total. The van der Waals surface area contributed by atoms with Crippen LogP contribution in [0.1, 0.15) is 25.3 Å². The maximum atomic E-state index is 10.2. The van der Waals surface area contributed by atoms with Crippen LogP contribution >= 0.6 is 0 Å². The molecular formula is C18H19N4O4+. The molecule has 3 aliphatic rings. The number of nitrogens with two attached hydrogens (primary N) is 1. The van der Waals surface area contributed by atoms with Crippen molar-refractivity contribution in [1.29, 1.82) is 10.5 Å². The minimum Gasteiger partial charge on any atom is -0.454 e. The Balaban J connectivity index is 1.89. The van der Waals surface area contributed by atoms with E-state index in [1.165, 1.54) is 0 Å². The highest BCUT2D eigenvalue weighted by Gasteiger charge is 2.97. The lowest BCUT2D eigenvalue weighted by Gasteiger charge is -2.29. The molecule has 1 fully saturated rings. The van der Waals surface area contributed by atoms with Crippen LogP contribution in [0.5, 0.6) is 11.5 Å². The Bertz CT molecular complexity index is 880. The third kappa shape index (κ3) is 1.61. The molecule has 0 aromatic heterocycles. The molecule has 2 aliphatic heterocycles. The highest BCUT2D eigenvalue weighted by molar-refractivity contribution is 5.95. The van der Waals surface area contributed by atoms with Gasteiger partial charge in [-0.15, -0.1) is 0 Å². The predicted octanol–water partition coefficient (Wildman–Crippen LogP) is -0.289. The van der Waals surface area contributed by atoms with Gasteiger partial charge < -0.3 is 18.9 Å². The Morgan fingerprint density at radius 2 is 1.88 bits per heavy atom. The number of nitrogens with one attached hydrogen (secondary N) is 1. The Morgan fingerprint density at radius 1 is 1.19 bits per heavy atom. The third-order valence-corrected chi connectivity index (χ3v) is 5.43. The first-order valence-electron chi connectivity index (χ1n) is 8.48. The molecule has 3 atom stereocenters. The van der Waals surface area contributed by atoms with E-state index in [2.05, 4.69) is 17.1 Å². The van der Waals surface area contributed by atoms with Crippen LogP contribution in [0.3, 0.4) is 0 Å². The van der Waals surface area contributed by atoms with E-state index in [9.17, 15) is 10.5 Å². The maximum absolute atomic E-state index is 10.2. The first-order chi connectivity index (χ1) is 12.6. The van der Waals surface area contributed by atoms with Gasteiger partial charge in [0.25, 0.3) is 5.84 Å². The van der Waals surface area contributed by atoms with Gasteiger partial charge in [0.1, 0.15) is 0 Å². The Morgan fingerprint density at radius 3 is 2.50 bits per heavy atom. The van der Waals surface area contributed by atoms with Crippen LogP contribution in [-0.2, 0) is 9.47 Å². The second kappa shape index (κ2) is 5.34. The molecule has 0 spiro atoms. The van der Waals surface area contributed by atoms with Crippen LogP contribution in [0.15, 0.2) is 18.2 Å². The standard InChI is InChI=1S/C18H18N4O4/c1-3-25-18(26-4-2)17(9-20)14(16(17,8-19)15(21)22-18)11-5-6-12-13(7-11)24-10-23-12/h5-7,14H,3-4,10H2,1-2H3,(H2,21,22)/p+1/t14-,16-,17-/m1/s1. The molecule has 0 radical (unpaired) electrons. The topological polar surface area (TPSA) is 124 Å². The van der Waals surface area contributed by atoms with Gasteiger partial charge in [-0.25, -0.2) is 4.99 Å². The average molecular weight is 355 g/mol. The molecule has 1 aromatic rings. The number of fused-ring (bicyclic) bond motifs is 2. The molecule has 134 valence electrons. The molecule has 4 rings (SSSR count). The summed E-state index contributed by atoms with van der Waals surface area (Å²) >= 11 is 0. The van der Waals surface area contributed by atoms with Crippen molar-refractivity contribution in [2.24, 2.45) is 16.6 Å². The SMILES string of the molecule is CCOC1(OCC)[NH+]=C(N)[C@@]2(C#N)[C@@H](c3ccc4c(c3)OCO4)[C@@]12C#N. The first kappa shape index (κ1) is 16.6. The highest BCUT2D eigenvalue weighted by Crippen LogP contribution is 2.78. The van der Waals surface area contributed by atoms with E-state index in [1.54, 1.807) is 26.0 Å². The number of ether oxygens (including phenoxy) is 4. The third-order valence-electron chi connectivity index (χ3n) is 5.43. The average Bonchev–Trinajstić information content (AvgIpc) is 2.88. The van der Waals surface area contributed by atoms with Gasteiger partial charge in [-0.2, -0.15) is 10.5 Å². The largest absolute Gasteiger partial charge is 0.454 e. The van der Waals surface area contributed by atoms with Crippen LogP contribution in [-0.4, -0.2) is 31.8 Å². The molecule has 2 heterocycles. The Labute approximate surface area is 150 Å². The molecule has 1 aliphatic carbocycles. The molecule has 8 nitrogen and oxygen atoms in total. The normalized spacial score (nSPS) is 32.3. The van der Waals surface area contributed by atoms with E-state index in [0.29, 0.717) is 24.7 Å². The van der Waals surface area contributed by atoms with Crippen LogP contribution in [0.4, 0.5) is 0 Å². The van der Waals surface area contributed by atoms with E-state index < -0.39 is 22.7 Å². The Hall–Kier alpha value is -2.81. The van der Waals surface area contributed by atoms with Crippen molar-refractivity contribution in [2.75, 3.05) is 20.0 Å². The molecule has 1 aromatic carbocycles. The summed E-state index contributed by atoms with van der Waals surface area (Å²) in [5.74, 6) is -0.595. The summed E-state index contributed by atoms with van der Waals surface area (Å²) in [4.78, 5) is 2.95. The molecule has 0 unspecified atom stereocenters. The van der Waals surface area contributed by atoms with Crippen LogP contribution < -0.4 is 20.2 Å². The highest BCUT2D eigenvalue weighted by atomic mass is 16.7. The summed E-state index contributed by atoms with van der Waals surface area (Å²) in [6.07, 6.45) is 0. The monoisotopic (exact) mass is 355 g/mol. The fraction of sp³-hybridized carbons (Fsp3) is 0.500. The zero-order valence-electron chi connectivity index (χ0n) is 14.5. The van der Waals surface area contributed by atoms with Gasteiger partial charge >= 0.3 is 5.91 Å². The lowest BCUT2D eigenvalue weighted by atomic mass is 9.93. The Kier molecular flexibility index (Phi) is 3.42. The lowest BCUT2D eigenvalue weighted by Crippen LogP contribution is -2.91. The van der Waals surface area contributed by atoms with Crippen LogP contribution in [0, 0.1) is 33.5 Å². The smallest absolute Gasteiger partial charge is 0.343 e. The molecular weight excluding hydrogens is 336 g/mol. The summed E-state index contributed by atoms with van der Waals surface area (Å²) in [6, 6.07) is 9.96. The molecule has 0 saturated heterocycles. The predicted molar refractivity (Wildman–Crippen MR) is 87.5 cm³/mol. The zero-order chi connectivity index (χ0) is 18.6. The fourth-order valence-electron chi connectivity index (χ4n) is 4.45. The summed E-state index contributed by atoms with van der Waals surface area (Å²) in [7, 11) is 0. The molecule has 8 heteroatoms. The second-order valence-corrected chi connectivity index (χ2v) is 6.41. The fourth-order valence-corrected chi connectivity index (χ4v) is 4.45. The first-order valence-corrected chi connectivity index (χ1v) is 8.48. The van der Waals surface area contributed by atoms with E-state index >= 15 is 0 Å². The van der Waals surface area contributed by atoms with Gasteiger partial charge in [0, 0.05) is 5.92 Å². The van der Waals surface area contributed by atoms with Gasteiger partial charge in [0.15, 0.2) is 22.3 Å². The number of nitrogens with zero attached hydrogens (tertiary/aromatic N) is 2. The van der Waals surface area contributed by atoms with Crippen molar-refractivity contribution < 1.29 is 23.9 Å². The molecule has 0 bridgehead atoms. The van der Waals surface area contributed by atoms with Gasteiger partial charge in [-0.3, -0.25) is 5.73 Å². The van der Waals surface area contributed by atoms with E-state index in [1.807, 2.05) is 6.07 Å². The van der Waals surface area contributed by atoms with E-state index in [0.717, 1.165) is 5.56 Å². The van der Waals surface area contributed by atoms with Gasteiger partial charge in [0.05, 0.1) is 25.4 Å². The van der Waals surface area contributed by atoms with Crippen molar-refractivity contribution in [3.63, 3.8) is 0 Å². The van der Waals surface area contributed by atoms with E-state index in [-0.39, 0.29) is 12.6 Å². The number of hydrogen-bond acceptors (Lipinski definition) is 7. The number of benzene rings is 1.